The van der Waals surface area contributed by atoms with Gasteiger partial charge in [0, 0.05) is 10.9 Å². The van der Waals surface area contributed by atoms with Crippen molar-refractivity contribution in [3.8, 4) is 11.3 Å². The number of aromatic carboxylic acids is 1. The monoisotopic (exact) mass is 318 g/mol. The molecule has 3 rings (SSSR count). The molecule has 0 saturated carbocycles. The summed E-state index contributed by atoms with van der Waals surface area (Å²) in [6.45, 7) is 0. The van der Waals surface area contributed by atoms with Gasteiger partial charge in [-0.1, -0.05) is 12.1 Å². The predicted octanol–water partition coefficient (Wildman–Crippen LogP) is 4.01. The minimum atomic E-state index is -4.40. The van der Waals surface area contributed by atoms with E-state index in [-0.39, 0.29) is 5.56 Å². The van der Waals surface area contributed by atoms with Crippen molar-refractivity contribution in [2.75, 3.05) is 0 Å². The topological polar surface area (TPSA) is 63.1 Å². The van der Waals surface area contributed by atoms with Crippen LogP contribution in [0.15, 0.2) is 48.8 Å². The first-order chi connectivity index (χ1) is 10.9. The number of alkyl halides is 3. The SMILES string of the molecule is O=C(O)c1ccc2c(-c3ccc(C(F)(F)F)cc3)ncnc2c1. The normalized spacial score (nSPS) is 11.6. The van der Waals surface area contributed by atoms with Crippen LogP contribution in [0.3, 0.4) is 0 Å². The van der Waals surface area contributed by atoms with Gasteiger partial charge < -0.3 is 5.11 Å². The molecule has 4 nitrogen and oxygen atoms in total. The lowest BCUT2D eigenvalue weighted by Crippen LogP contribution is -2.04. The molecule has 3 aromatic rings. The molecule has 0 unspecified atom stereocenters. The molecule has 0 aliphatic carbocycles. The Hall–Kier alpha value is -2.96. The third kappa shape index (κ3) is 2.85. The van der Waals surface area contributed by atoms with Gasteiger partial charge in [0.1, 0.15) is 6.33 Å². The van der Waals surface area contributed by atoms with E-state index in [4.69, 9.17) is 5.11 Å². The molecule has 0 atom stereocenters. The molecule has 0 radical (unpaired) electrons. The molecular weight excluding hydrogens is 309 g/mol. The van der Waals surface area contributed by atoms with Crippen molar-refractivity contribution in [1.29, 1.82) is 0 Å². The van der Waals surface area contributed by atoms with E-state index < -0.39 is 17.7 Å². The van der Waals surface area contributed by atoms with Crippen LogP contribution in [-0.2, 0) is 6.18 Å². The summed E-state index contributed by atoms with van der Waals surface area (Å²) >= 11 is 0. The molecule has 1 heterocycles. The van der Waals surface area contributed by atoms with Gasteiger partial charge in [-0.05, 0) is 30.3 Å². The Morgan fingerprint density at radius 1 is 1.00 bits per heavy atom. The average Bonchev–Trinajstić information content (AvgIpc) is 2.53. The molecule has 116 valence electrons. The maximum Gasteiger partial charge on any atom is 0.416 e. The highest BCUT2D eigenvalue weighted by atomic mass is 19.4. The summed E-state index contributed by atoms with van der Waals surface area (Å²) in [5, 5.41) is 9.55. The van der Waals surface area contributed by atoms with Crippen LogP contribution in [0.1, 0.15) is 15.9 Å². The highest BCUT2D eigenvalue weighted by molar-refractivity contribution is 5.97. The quantitative estimate of drug-likeness (QED) is 0.775. The van der Waals surface area contributed by atoms with Crippen molar-refractivity contribution in [3.05, 3.63) is 59.9 Å². The summed E-state index contributed by atoms with van der Waals surface area (Å²) in [7, 11) is 0. The van der Waals surface area contributed by atoms with Gasteiger partial charge >= 0.3 is 12.1 Å². The van der Waals surface area contributed by atoms with Crippen LogP contribution < -0.4 is 0 Å². The molecule has 0 fully saturated rings. The minimum Gasteiger partial charge on any atom is -0.478 e. The van der Waals surface area contributed by atoms with Crippen molar-refractivity contribution < 1.29 is 23.1 Å². The zero-order valence-electron chi connectivity index (χ0n) is 11.5. The predicted molar refractivity (Wildman–Crippen MR) is 76.9 cm³/mol. The second-order valence-electron chi connectivity index (χ2n) is 4.83. The van der Waals surface area contributed by atoms with Crippen molar-refractivity contribution in [1.82, 2.24) is 9.97 Å². The third-order valence-corrected chi connectivity index (χ3v) is 3.37. The van der Waals surface area contributed by atoms with Gasteiger partial charge in [0.15, 0.2) is 0 Å². The maximum atomic E-state index is 12.6. The molecule has 1 aromatic heterocycles. The summed E-state index contributed by atoms with van der Waals surface area (Å²) < 4.78 is 37.8. The van der Waals surface area contributed by atoms with Gasteiger partial charge in [0.05, 0.1) is 22.3 Å². The number of nitrogens with zero attached hydrogens (tertiary/aromatic N) is 2. The van der Waals surface area contributed by atoms with Gasteiger partial charge in [-0.25, -0.2) is 14.8 Å². The number of carbonyl (C=O) groups is 1. The Morgan fingerprint density at radius 3 is 2.30 bits per heavy atom. The van der Waals surface area contributed by atoms with E-state index >= 15 is 0 Å². The van der Waals surface area contributed by atoms with Crippen molar-refractivity contribution in [2.24, 2.45) is 0 Å². The second kappa shape index (κ2) is 5.35. The Kier molecular flexibility index (Phi) is 3.48. The van der Waals surface area contributed by atoms with Crippen LogP contribution >= 0.6 is 0 Å². The molecule has 0 spiro atoms. The summed E-state index contributed by atoms with van der Waals surface area (Å²) in [5.41, 5.74) is 0.686. The van der Waals surface area contributed by atoms with E-state index in [9.17, 15) is 18.0 Å². The molecule has 23 heavy (non-hydrogen) atoms. The number of benzene rings is 2. The Balaban J connectivity index is 2.11. The van der Waals surface area contributed by atoms with Gasteiger partial charge in [-0.15, -0.1) is 0 Å². The molecule has 1 N–H and O–H groups in total. The molecule has 0 aliphatic rings. The first-order valence-corrected chi connectivity index (χ1v) is 6.52. The lowest BCUT2D eigenvalue weighted by molar-refractivity contribution is -0.137. The summed E-state index contributed by atoms with van der Waals surface area (Å²) in [5.74, 6) is -1.08. The number of halogens is 3. The fourth-order valence-electron chi connectivity index (χ4n) is 2.24. The lowest BCUT2D eigenvalue weighted by atomic mass is 10.0. The molecule has 2 aromatic carbocycles. The van der Waals surface area contributed by atoms with Crippen LogP contribution in [-0.4, -0.2) is 21.0 Å². The van der Waals surface area contributed by atoms with E-state index in [1.807, 2.05) is 0 Å². The minimum absolute atomic E-state index is 0.0783. The molecule has 0 amide bonds. The number of hydrogen-bond donors (Lipinski definition) is 1. The molecule has 7 heteroatoms. The van der Waals surface area contributed by atoms with E-state index in [2.05, 4.69) is 9.97 Å². The second-order valence-corrected chi connectivity index (χ2v) is 4.83. The molecule has 0 aliphatic heterocycles. The van der Waals surface area contributed by atoms with E-state index in [1.165, 1.54) is 30.6 Å². The first-order valence-electron chi connectivity index (χ1n) is 6.52. The maximum absolute atomic E-state index is 12.6. The standard InChI is InChI=1S/C16H9F3N2O2/c17-16(18,19)11-4-1-9(2-5-11)14-12-6-3-10(15(22)23)7-13(12)20-8-21-14/h1-8H,(H,22,23). The highest BCUT2D eigenvalue weighted by Crippen LogP contribution is 2.32. The lowest BCUT2D eigenvalue weighted by Gasteiger charge is -2.09. The Labute approximate surface area is 128 Å². The van der Waals surface area contributed by atoms with Crippen molar-refractivity contribution in [2.45, 2.75) is 6.18 Å². The van der Waals surface area contributed by atoms with Crippen LogP contribution in [0.25, 0.3) is 22.2 Å². The highest BCUT2D eigenvalue weighted by Gasteiger charge is 2.30. The summed E-state index contributed by atoms with van der Waals surface area (Å²) in [6, 6.07) is 8.97. The Morgan fingerprint density at radius 2 is 1.70 bits per heavy atom. The van der Waals surface area contributed by atoms with Gasteiger partial charge in [0.2, 0.25) is 0 Å². The fraction of sp³-hybridized carbons (Fsp3) is 0.0625. The van der Waals surface area contributed by atoms with Crippen molar-refractivity contribution in [3.63, 3.8) is 0 Å². The van der Waals surface area contributed by atoms with Gasteiger partial charge in [0.25, 0.3) is 0 Å². The zero-order valence-corrected chi connectivity index (χ0v) is 11.5. The van der Waals surface area contributed by atoms with Crippen molar-refractivity contribution >= 4 is 16.9 Å². The zero-order chi connectivity index (χ0) is 16.6. The first kappa shape index (κ1) is 15.0. The number of rotatable bonds is 2. The summed E-state index contributed by atoms with van der Waals surface area (Å²) in [6.07, 6.45) is -3.15. The Bertz CT molecular complexity index is 890. The number of hydrogen-bond acceptors (Lipinski definition) is 3. The largest absolute Gasteiger partial charge is 0.478 e. The number of fused-ring (bicyclic) bond motifs is 1. The average molecular weight is 318 g/mol. The van der Waals surface area contributed by atoms with Gasteiger partial charge in [-0.2, -0.15) is 13.2 Å². The molecule has 0 saturated heterocycles. The van der Waals surface area contributed by atoms with E-state index in [0.29, 0.717) is 22.2 Å². The number of aromatic nitrogens is 2. The van der Waals surface area contributed by atoms with Crippen LogP contribution in [0, 0.1) is 0 Å². The smallest absolute Gasteiger partial charge is 0.416 e. The van der Waals surface area contributed by atoms with Crippen LogP contribution in [0.5, 0.6) is 0 Å². The fourth-order valence-corrected chi connectivity index (χ4v) is 2.24. The molecular formula is C16H9F3N2O2. The molecule has 0 bridgehead atoms. The van der Waals surface area contributed by atoms with E-state index in [0.717, 1.165) is 12.1 Å². The summed E-state index contributed by atoms with van der Waals surface area (Å²) in [4.78, 5) is 19.1. The number of carboxylic acid groups (broad SMARTS) is 1. The third-order valence-electron chi connectivity index (χ3n) is 3.37. The van der Waals surface area contributed by atoms with Crippen LogP contribution in [0.4, 0.5) is 13.2 Å². The van der Waals surface area contributed by atoms with Crippen LogP contribution in [0.2, 0.25) is 0 Å². The number of carboxylic acids is 1. The van der Waals surface area contributed by atoms with Gasteiger partial charge in [-0.3, -0.25) is 0 Å². The van der Waals surface area contributed by atoms with E-state index in [1.54, 1.807) is 6.07 Å².